The number of para-hydroxylation sites is 2. The molecule has 0 N–H and O–H groups in total. The maximum absolute atomic E-state index is 12.5. The second-order valence-corrected chi connectivity index (χ2v) is 5.60. The van der Waals surface area contributed by atoms with Gasteiger partial charge in [-0.15, -0.1) is 0 Å². The fourth-order valence-corrected chi connectivity index (χ4v) is 2.72. The van der Waals surface area contributed by atoms with Crippen molar-refractivity contribution >= 4 is 11.4 Å². The molecule has 0 amide bonds. The summed E-state index contributed by atoms with van der Waals surface area (Å²) >= 11 is 0. The molecule has 0 unspecified atom stereocenters. The highest BCUT2D eigenvalue weighted by Gasteiger charge is 2.31. The number of hydrogen-bond donors (Lipinski definition) is 0. The summed E-state index contributed by atoms with van der Waals surface area (Å²) in [6.07, 6.45) is -3.43. The Hall–Kier alpha value is -2.84. The number of rotatable bonds is 4. The van der Waals surface area contributed by atoms with Crippen LogP contribution in [0.3, 0.4) is 0 Å². The summed E-state index contributed by atoms with van der Waals surface area (Å²) in [5.74, 6) is 0.0995. The molecule has 2 heterocycles. The largest absolute Gasteiger partial charge is 0.472 e. The topological polar surface area (TPSA) is 68.5 Å². The van der Waals surface area contributed by atoms with Gasteiger partial charge in [0.1, 0.15) is 11.8 Å². The molecule has 25 heavy (non-hydrogen) atoms. The van der Waals surface area contributed by atoms with E-state index >= 15 is 0 Å². The molecule has 0 aliphatic carbocycles. The maximum Gasteiger partial charge on any atom is 0.417 e. The van der Waals surface area contributed by atoms with Crippen molar-refractivity contribution in [1.82, 2.24) is 4.98 Å². The van der Waals surface area contributed by atoms with Gasteiger partial charge in [0.05, 0.1) is 17.0 Å². The molecular weight excluding hydrogens is 339 g/mol. The minimum Gasteiger partial charge on any atom is -0.472 e. The number of ether oxygens (including phenoxy) is 1. The molecule has 6 nitrogen and oxygen atoms in total. The van der Waals surface area contributed by atoms with Gasteiger partial charge in [0.25, 0.3) is 5.69 Å². The second-order valence-electron chi connectivity index (χ2n) is 5.60. The van der Waals surface area contributed by atoms with Crippen LogP contribution >= 0.6 is 0 Å². The average molecular weight is 353 g/mol. The van der Waals surface area contributed by atoms with Crippen molar-refractivity contribution < 1.29 is 22.8 Å². The Balaban J connectivity index is 1.67. The van der Waals surface area contributed by atoms with Gasteiger partial charge in [-0.2, -0.15) is 13.2 Å². The lowest BCUT2D eigenvalue weighted by Crippen LogP contribution is -2.25. The summed E-state index contributed by atoms with van der Waals surface area (Å²) in [5, 5.41) is 11.1. The summed E-state index contributed by atoms with van der Waals surface area (Å²) in [7, 11) is 0. The average Bonchev–Trinajstić information content (AvgIpc) is 3.03. The van der Waals surface area contributed by atoms with E-state index < -0.39 is 16.7 Å². The van der Waals surface area contributed by atoms with Crippen LogP contribution in [0, 0.1) is 10.1 Å². The molecule has 0 radical (unpaired) electrons. The first-order valence-corrected chi connectivity index (χ1v) is 7.53. The minimum absolute atomic E-state index is 0.0100. The van der Waals surface area contributed by atoms with Crippen LogP contribution in [-0.4, -0.2) is 29.1 Å². The number of aromatic nitrogens is 1. The van der Waals surface area contributed by atoms with Gasteiger partial charge in [-0.25, -0.2) is 4.98 Å². The molecular formula is C16H14F3N3O3. The van der Waals surface area contributed by atoms with Gasteiger partial charge >= 0.3 is 6.18 Å². The molecule has 132 valence electrons. The molecule has 3 rings (SSSR count). The van der Waals surface area contributed by atoms with Crippen LogP contribution in [0.1, 0.15) is 12.0 Å². The number of anilines is 1. The predicted molar refractivity (Wildman–Crippen MR) is 83.6 cm³/mol. The second kappa shape index (κ2) is 6.58. The van der Waals surface area contributed by atoms with Crippen molar-refractivity contribution in [1.29, 1.82) is 0 Å². The quantitative estimate of drug-likeness (QED) is 0.620. The first-order valence-electron chi connectivity index (χ1n) is 7.53. The number of nitrogens with zero attached hydrogens (tertiary/aromatic N) is 3. The lowest BCUT2D eigenvalue weighted by atomic mass is 10.2. The molecule has 0 bridgehead atoms. The molecule has 1 aromatic heterocycles. The predicted octanol–water partition coefficient (Wildman–Crippen LogP) is 3.67. The molecule has 1 fully saturated rings. The van der Waals surface area contributed by atoms with Crippen LogP contribution in [-0.2, 0) is 6.18 Å². The Labute approximate surface area is 141 Å². The van der Waals surface area contributed by atoms with E-state index in [1.54, 1.807) is 18.2 Å². The van der Waals surface area contributed by atoms with Crippen molar-refractivity contribution in [2.45, 2.75) is 18.7 Å². The smallest absolute Gasteiger partial charge is 0.417 e. The van der Waals surface area contributed by atoms with Gasteiger partial charge in [-0.05, 0) is 12.1 Å². The van der Waals surface area contributed by atoms with E-state index in [0.29, 0.717) is 25.2 Å². The molecule has 0 saturated carbocycles. The lowest BCUT2D eigenvalue weighted by Gasteiger charge is -2.18. The summed E-state index contributed by atoms with van der Waals surface area (Å²) in [6.45, 7) is 0.948. The molecule has 0 spiro atoms. The van der Waals surface area contributed by atoms with Crippen LogP contribution in [0.2, 0.25) is 0 Å². The van der Waals surface area contributed by atoms with Gasteiger partial charge in [0, 0.05) is 31.3 Å². The van der Waals surface area contributed by atoms with Gasteiger partial charge in [-0.1, -0.05) is 12.1 Å². The van der Waals surface area contributed by atoms with Crippen molar-refractivity contribution in [3.8, 4) is 5.88 Å². The van der Waals surface area contributed by atoms with Crippen molar-refractivity contribution in [2.24, 2.45) is 0 Å². The first kappa shape index (κ1) is 17.0. The third-order valence-corrected chi connectivity index (χ3v) is 3.92. The number of nitro benzene ring substituents is 1. The van der Waals surface area contributed by atoms with Gasteiger partial charge in [0.2, 0.25) is 5.88 Å². The zero-order valence-electron chi connectivity index (χ0n) is 12.9. The lowest BCUT2D eigenvalue weighted by molar-refractivity contribution is -0.384. The van der Waals surface area contributed by atoms with Crippen LogP contribution in [0.15, 0.2) is 42.6 Å². The van der Waals surface area contributed by atoms with Crippen molar-refractivity contribution in [3.63, 3.8) is 0 Å². The van der Waals surface area contributed by atoms with E-state index in [9.17, 15) is 23.3 Å². The van der Waals surface area contributed by atoms with E-state index in [-0.39, 0.29) is 17.7 Å². The molecule has 2 aromatic rings. The van der Waals surface area contributed by atoms with E-state index in [0.717, 1.165) is 12.3 Å². The zero-order chi connectivity index (χ0) is 18.0. The Morgan fingerprint density at radius 1 is 1.24 bits per heavy atom. The zero-order valence-corrected chi connectivity index (χ0v) is 12.9. The third-order valence-electron chi connectivity index (χ3n) is 3.92. The van der Waals surface area contributed by atoms with Gasteiger partial charge in [0.15, 0.2) is 0 Å². The highest BCUT2D eigenvalue weighted by atomic mass is 19.4. The Bertz CT molecular complexity index is 765. The number of hydrogen-bond acceptors (Lipinski definition) is 5. The van der Waals surface area contributed by atoms with Crippen molar-refractivity contribution in [2.75, 3.05) is 18.0 Å². The minimum atomic E-state index is -4.44. The van der Waals surface area contributed by atoms with Gasteiger partial charge in [-0.3, -0.25) is 10.1 Å². The van der Waals surface area contributed by atoms with E-state index in [1.165, 1.54) is 12.1 Å². The van der Waals surface area contributed by atoms with Crippen LogP contribution in [0.4, 0.5) is 24.5 Å². The maximum atomic E-state index is 12.5. The summed E-state index contributed by atoms with van der Waals surface area (Å²) < 4.78 is 43.2. The van der Waals surface area contributed by atoms with Crippen LogP contribution in [0.5, 0.6) is 5.88 Å². The van der Waals surface area contributed by atoms with Crippen LogP contribution in [0.25, 0.3) is 0 Å². The normalized spacial score (nSPS) is 17.6. The molecule has 1 aliphatic rings. The number of alkyl halides is 3. The summed E-state index contributed by atoms with van der Waals surface area (Å²) in [6, 6.07) is 8.50. The standard InChI is InChI=1S/C16H14F3N3O3/c17-16(18,19)11-5-6-15(20-9-11)25-12-7-8-21(10-12)13-3-1-2-4-14(13)22(23)24/h1-6,9,12H,7-8,10H2/t12-/m1/s1. The highest BCUT2D eigenvalue weighted by Crippen LogP contribution is 2.32. The molecule has 1 saturated heterocycles. The number of pyridine rings is 1. The molecule has 1 atom stereocenters. The molecule has 1 aliphatic heterocycles. The first-order chi connectivity index (χ1) is 11.8. The fourth-order valence-electron chi connectivity index (χ4n) is 2.72. The fraction of sp³-hybridized carbons (Fsp3) is 0.312. The summed E-state index contributed by atoms with van der Waals surface area (Å²) in [5.41, 5.74) is -0.331. The van der Waals surface area contributed by atoms with Crippen molar-refractivity contribution in [3.05, 3.63) is 58.3 Å². The number of benzene rings is 1. The van der Waals surface area contributed by atoms with Gasteiger partial charge < -0.3 is 9.64 Å². The van der Waals surface area contributed by atoms with E-state index in [1.807, 2.05) is 4.90 Å². The van der Waals surface area contributed by atoms with Crippen LogP contribution < -0.4 is 9.64 Å². The summed E-state index contributed by atoms with van der Waals surface area (Å²) in [4.78, 5) is 16.2. The molecule has 1 aromatic carbocycles. The Morgan fingerprint density at radius 3 is 2.64 bits per heavy atom. The Kier molecular flexibility index (Phi) is 4.47. The monoisotopic (exact) mass is 353 g/mol. The Morgan fingerprint density at radius 2 is 2.00 bits per heavy atom. The third kappa shape index (κ3) is 3.81. The number of nitro groups is 1. The van der Waals surface area contributed by atoms with E-state index in [2.05, 4.69) is 4.98 Å². The SMILES string of the molecule is O=[N+]([O-])c1ccccc1N1CC[C@@H](Oc2ccc(C(F)(F)F)cn2)C1. The molecule has 9 heteroatoms. The highest BCUT2D eigenvalue weighted by molar-refractivity contribution is 5.63. The number of halogens is 3. The van der Waals surface area contributed by atoms with E-state index in [4.69, 9.17) is 4.74 Å².